The number of benzene rings is 2. The van der Waals surface area contributed by atoms with Gasteiger partial charge in [0.25, 0.3) is 0 Å². The summed E-state index contributed by atoms with van der Waals surface area (Å²) in [6, 6.07) is 10.9. The number of ether oxygens (including phenoxy) is 3. The first-order valence-corrected chi connectivity index (χ1v) is 10.1. The molecule has 0 fully saturated rings. The predicted molar refractivity (Wildman–Crippen MR) is 136 cm³/mol. The Labute approximate surface area is 206 Å². The van der Waals surface area contributed by atoms with Crippen molar-refractivity contribution in [2.24, 2.45) is 4.99 Å². The van der Waals surface area contributed by atoms with E-state index in [1.165, 1.54) is 0 Å². The van der Waals surface area contributed by atoms with Crippen LogP contribution < -0.4 is 24.8 Å². The Morgan fingerprint density at radius 2 is 1.65 bits per heavy atom. The van der Waals surface area contributed by atoms with Gasteiger partial charge in [-0.2, -0.15) is 0 Å². The van der Waals surface area contributed by atoms with Crippen molar-refractivity contribution in [3.8, 4) is 17.2 Å². The molecule has 0 amide bonds. The Balaban J connectivity index is 0.00000480. The minimum Gasteiger partial charge on any atom is -0.497 e. The smallest absolute Gasteiger partial charge is 0.191 e. The first kappa shape index (κ1) is 27.1. The highest BCUT2D eigenvalue weighted by Crippen LogP contribution is 2.26. The SMILES string of the molecule is CCNC(=NCC(O)c1cc(OC)cc(OC)c1)NCCc1ccc(OC)cc1Cl.I. The highest BCUT2D eigenvalue weighted by Gasteiger charge is 2.11. The molecule has 9 heteroatoms. The number of nitrogens with zero attached hydrogens (tertiary/aromatic N) is 1. The molecule has 2 aromatic rings. The number of aliphatic imine (C=N–C) groups is 1. The van der Waals surface area contributed by atoms with E-state index in [0.29, 0.717) is 41.1 Å². The maximum Gasteiger partial charge on any atom is 0.191 e. The molecule has 0 radical (unpaired) electrons. The third kappa shape index (κ3) is 8.62. The molecule has 0 aliphatic carbocycles. The highest BCUT2D eigenvalue weighted by molar-refractivity contribution is 14.0. The van der Waals surface area contributed by atoms with Crippen LogP contribution in [0, 0.1) is 0 Å². The standard InChI is InChI=1S/C22H30ClN3O4.HI/c1-5-24-22(25-9-8-15-6-7-17(28-2)13-20(15)23)26-14-21(27)16-10-18(29-3)12-19(11-16)30-4;/h6-7,10-13,21,27H,5,8-9,14H2,1-4H3,(H2,24,25,26);1H. The number of guanidine groups is 1. The summed E-state index contributed by atoms with van der Waals surface area (Å²) in [4.78, 5) is 4.49. The molecule has 0 heterocycles. The minimum absolute atomic E-state index is 0. The van der Waals surface area contributed by atoms with E-state index in [2.05, 4.69) is 15.6 Å². The van der Waals surface area contributed by atoms with Crippen LogP contribution in [-0.2, 0) is 6.42 Å². The van der Waals surface area contributed by atoms with Gasteiger partial charge in [0.15, 0.2) is 5.96 Å². The van der Waals surface area contributed by atoms with Crippen molar-refractivity contribution in [3.05, 3.63) is 52.5 Å². The number of methoxy groups -OCH3 is 3. The van der Waals surface area contributed by atoms with Gasteiger partial charge in [0, 0.05) is 24.2 Å². The first-order chi connectivity index (χ1) is 14.5. The first-order valence-electron chi connectivity index (χ1n) is 9.76. The molecule has 3 N–H and O–H groups in total. The van der Waals surface area contributed by atoms with Crippen molar-refractivity contribution in [2.75, 3.05) is 41.0 Å². The molecule has 31 heavy (non-hydrogen) atoms. The summed E-state index contributed by atoms with van der Waals surface area (Å²) in [6.45, 7) is 3.52. The van der Waals surface area contributed by atoms with Crippen molar-refractivity contribution < 1.29 is 19.3 Å². The zero-order chi connectivity index (χ0) is 21.9. The van der Waals surface area contributed by atoms with E-state index in [4.69, 9.17) is 25.8 Å². The molecule has 7 nitrogen and oxygen atoms in total. The maximum atomic E-state index is 10.6. The lowest BCUT2D eigenvalue weighted by atomic mass is 10.1. The van der Waals surface area contributed by atoms with Crippen LogP contribution in [0.5, 0.6) is 17.2 Å². The van der Waals surface area contributed by atoms with Crippen molar-refractivity contribution >= 4 is 41.5 Å². The number of hydrogen-bond donors (Lipinski definition) is 3. The number of rotatable bonds is 10. The molecule has 172 valence electrons. The van der Waals surface area contributed by atoms with Gasteiger partial charge in [0.2, 0.25) is 0 Å². The summed E-state index contributed by atoms with van der Waals surface area (Å²) in [5.41, 5.74) is 1.69. The summed E-state index contributed by atoms with van der Waals surface area (Å²) >= 11 is 6.30. The monoisotopic (exact) mass is 563 g/mol. The van der Waals surface area contributed by atoms with Crippen molar-refractivity contribution in [1.82, 2.24) is 10.6 Å². The Morgan fingerprint density at radius 3 is 2.19 bits per heavy atom. The van der Waals surface area contributed by atoms with Gasteiger partial charge in [-0.05, 0) is 48.7 Å². The number of halogens is 2. The molecular weight excluding hydrogens is 533 g/mol. The van der Waals surface area contributed by atoms with E-state index in [1.54, 1.807) is 45.6 Å². The van der Waals surface area contributed by atoms with Crippen LogP contribution in [0.4, 0.5) is 0 Å². The lowest BCUT2D eigenvalue weighted by molar-refractivity contribution is 0.186. The van der Waals surface area contributed by atoms with Gasteiger partial charge < -0.3 is 30.0 Å². The summed E-state index contributed by atoms with van der Waals surface area (Å²) in [5, 5.41) is 17.7. The second-order valence-electron chi connectivity index (χ2n) is 6.52. The topological polar surface area (TPSA) is 84.3 Å². The molecule has 1 unspecified atom stereocenters. The molecule has 0 spiro atoms. The maximum absolute atomic E-state index is 10.6. The van der Waals surface area contributed by atoms with Crippen LogP contribution in [0.3, 0.4) is 0 Å². The molecule has 0 bridgehead atoms. The summed E-state index contributed by atoms with van der Waals surface area (Å²) < 4.78 is 15.7. The molecule has 0 aliphatic rings. The lowest BCUT2D eigenvalue weighted by Crippen LogP contribution is -2.38. The quantitative estimate of drug-likeness (QED) is 0.232. The van der Waals surface area contributed by atoms with Crippen molar-refractivity contribution in [2.45, 2.75) is 19.4 Å². The Kier molecular flexibility index (Phi) is 12.4. The predicted octanol–water partition coefficient (Wildman–Crippen LogP) is 3.82. The molecule has 2 rings (SSSR count). The fourth-order valence-electron chi connectivity index (χ4n) is 2.82. The van der Waals surface area contributed by atoms with E-state index in [-0.39, 0.29) is 30.5 Å². The van der Waals surface area contributed by atoms with E-state index >= 15 is 0 Å². The van der Waals surface area contributed by atoms with Gasteiger partial charge in [0.1, 0.15) is 17.2 Å². The lowest BCUT2D eigenvalue weighted by Gasteiger charge is -2.15. The van der Waals surface area contributed by atoms with Gasteiger partial charge >= 0.3 is 0 Å². The van der Waals surface area contributed by atoms with Gasteiger partial charge in [-0.1, -0.05) is 17.7 Å². The van der Waals surface area contributed by atoms with Crippen LogP contribution >= 0.6 is 35.6 Å². The zero-order valence-corrected chi connectivity index (χ0v) is 21.4. The molecule has 0 aromatic heterocycles. The third-order valence-electron chi connectivity index (χ3n) is 4.47. The fraction of sp³-hybridized carbons (Fsp3) is 0.409. The van der Waals surface area contributed by atoms with Crippen LogP contribution in [-0.4, -0.2) is 52.0 Å². The molecular formula is C22H31ClIN3O4. The normalized spacial score (nSPS) is 11.9. The van der Waals surface area contributed by atoms with Gasteiger partial charge in [0.05, 0.1) is 34.0 Å². The summed E-state index contributed by atoms with van der Waals surface area (Å²) in [7, 11) is 4.76. The molecule has 2 aromatic carbocycles. The molecule has 0 aliphatic heterocycles. The van der Waals surface area contributed by atoms with Crippen molar-refractivity contribution in [1.29, 1.82) is 0 Å². The van der Waals surface area contributed by atoms with Gasteiger partial charge in [-0.3, -0.25) is 4.99 Å². The average Bonchev–Trinajstić information content (AvgIpc) is 2.77. The van der Waals surface area contributed by atoms with E-state index in [1.807, 2.05) is 19.1 Å². The van der Waals surface area contributed by atoms with Crippen LogP contribution in [0.1, 0.15) is 24.2 Å². The second kappa shape index (κ2) is 14.2. The van der Waals surface area contributed by atoms with Crippen LogP contribution in [0.2, 0.25) is 5.02 Å². The highest BCUT2D eigenvalue weighted by atomic mass is 127. The third-order valence-corrected chi connectivity index (χ3v) is 4.82. The molecule has 1 atom stereocenters. The average molecular weight is 564 g/mol. The van der Waals surface area contributed by atoms with Crippen molar-refractivity contribution in [3.63, 3.8) is 0 Å². The molecule has 0 saturated heterocycles. The summed E-state index contributed by atoms with van der Waals surface area (Å²) in [6.07, 6.45) is -0.0661. The minimum atomic E-state index is -0.791. The van der Waals surface area contributed by atoms with Gasteiger partial charge in [-0.25, -0.2) is 0 Å². The fourth-order valence-corrected chi connectivity index (χ4v) is 3.09. The number of nitrogens with one attached hydrogen (secondary N) is 2. The van der Waals surface area contributed by atoms with Gasteiger partial charge in [-0.15, -0.1) is 24.0 Å². The summed E-state index contributed by atoms with van der Waals surface area (Å²) in [5.74, 6) is 2.59. The van der Waals surface area contributed by atoms with E-state index in [9.17, 15) is 5.11 Å². The number of hydrogen-bond acceptors (Lipinski definition) is 5. The Hall–Kier alpha value is -1.91. The van der Waals surface area contributed by atoms with Crippen LogP contribution in [0.25, 0.3) is 0 Å². The Morgan fingerprint density at radius 1 is 1.00 bits per heavy atom. The van der Waals surface area contributed by atoms with E-state index in [0.717, 1.165) is 17.7 Å². The number of aliphatic hydroxyl groups is 1. The van der Waals surface area contributed by atoms with E-state index < -0.39 is 6.10 Å². The number of aliphatic hydroxyl groups excluding tert-OH is 1. The molecule has 0 saturated carbocycles. The van der Waals surface area contributed by atoms with Crippen LogP contribution in [0.15, 0.2) is 41.4 Å². The Bertz CT molecular complexity index is 829. The second-order valence-corrected chi connectivity index (χ2v) is 6.92. The zero-order valence-electron chi connectivity index (χ0n) is 18.3. The largest absolute Gasteiger partial charge is 0.497 e.